The summed E-state index contributed by atoms with van der Waals surface area (Å²) in [4.78, 5) is 0.158. The van der Waals surface area contributed by atoms with Crippen molar-refractivity contribution in [2.45, 2.75) is 49.7 Å². The molecule has 0 bridgehead atoms. The Hall–Kier alpha value is -0.940. The lowest BCUT2D eigenvalue weighted by Crippen LogP contribution is -2.62. The molecule has 2 N–H and O–H groups in total. The summed E-state index contributed by atoms with van der Waals surface area (Å²) in [5.41, 5.74) is 3.56. The van der Waals surface area contributed by atoms with Crippen molar-refractivity contribution >= 4 is 10.2 Å². The standard InChI is InChI=1S/C17H28F5N3OS/c1-4-14-11-25(23-3)15(5-2)10-24(14)17(12-26)13-6-8-16(9-7-13)27(18,19,20,21)22/h6-9,14-15,17,23,26H,4-5,10-12H2,1-3H3/t14-,15+,17?/m1/s1. The second-order valence-corrected chi connectivity index (χ2v) is 9.34. The second-order valence-electron chi connectivity index (χ2n) is 6.93. The summed E-state index contributed by atoms with van der Waals surface area (Å²) < 4.78 is 64.7. The molecule has 1 saturated heterocycles. The highest BCUT2D eigenvalue weighted by Gasteiger charge is 2.65. The smallest absolute Gasteiger partial charge is 0.310 e. The molecule has 10 heteroatoms. The first-order valence-electron chi connectivity index (χ1n) is 8.99. The van der Waals surface area contributed by atoms with Crippen molar-refractivity contribution in [3.8, 4) is 0 Å². The first kappa shape index (κ1) is 22.4. The number of rotatable bonds is 7. The minimum absolute atomic E-state index is 0.0766. The predicted molar refractivity (Wildman–Crippen MR) is 98.3 cm³/mol. The number of aliphatic hydroxyl groups excluding tert-OH is 1. The fraction of sp³-hybridized carbons (Fsp3) is 0.647. The Morgan fingerprint density at radius 2 is 1.59 bits per heavy atom. The molecule has 1 aromatic carbocycles. The first-order valence-corrected chi connectivity index (χ1v) is 10.9. The largest absolute Gasteiger partial charge is 0.394 e. The molecule has 27 heavy (non-hydrogen) atoms. The Labute approximate surface area is 157 Å². The van der Waals surface area contributed by atoms with Gasteiger partial charge in [-0.15, -0.1) is 0 Å². The lowest BCUT2D eigenvalue weighted by molar-refractivity contribution is -0.0355. The Bertz CT molecular complexity index is 640. The number of nitrogens with zero attached hydrogens (tertiary/aromatic N) is 2. The molecule has 1 aliphatic heterocycles. The van der Waals surface area contributed by atoms with Gasteiger partial charge in [-0.05, 0) is 37.6 Å². The van der Waals surface area contributed by atoms with Gasteiger partial charge in [0.2, 0.25) is 0 Å². The van der Waals surface area contributed by atoms with Crippen LogP contribution in [0, 0.1) is 0 Å². The maximum Gasteiger partial charge on any atom is 0.310 e. The number of hydrogen-bond donors (Lipinski definition) is 2. The average molecular weight is 417 g/mol. The van der Waals surface area contributed by atoms with Gasteiger partial charge in [0.05, 0.1) is 12.6 Å². The molecular formula is C17H28F5N3OS. The first-order chi connectivity index (χ1) is 12.3. The number of aliphatic hydroxyl groups is 1. The summed E-state index contributed by atoms with van der Waals surface area (Å²) in [5, 5.41) is 12.0. The summed E-state index contributed by atoms with van der Waals surface area (Å²) in [6, 6.07) is 2.64. The fourth-order valence-electron chi connectivity index (χ4n) is 3.69. The minimum Gasteiger partial charge on any atom is -0.394 e. The maximum atomic E-state index is 12.9. The third-order valence-electron chi connectivity index (χ3n) is 5.25. The number of nitrogens with one attached hydrogen (secondary N) is 1. The van der Waals surface area contributed by atoms with E-state index in [1.807, 2.05) is 20.9 Å². The van der Waals surface area contributed by atoms with Crippen LogP contribution in [0.3, 0.4) is 0 Å². The molecule has 1 unspecified atom stereocenters. The monoisotopic (exact) mass is 417 g/mol. The van der Waals surface area contributed by atoms with Crippen LogP contribution in [0.1, 0.15) is 38.3 Å². The quantitative estimate of drug-likeness (QED) is 0.632. The second kappa shape index (κ2) is 7.14. The summed E-state index contributed by atoms with van der Waals surface area (Å²) in [6.07, 6.45) is 1.64. The Balaban J connectivity index is 2.32. The molecule has 1 aromatic rings. The van der Waals surface area contributed by atoms with E-state index >= 15 is 0 Å². The van der Waals surface area contributed by atoms with E-state index in [0.717, 1.165) is 25.0 Å². The van der Waals surface area contributed by atoms with Crippen LogP contribution in [-0.2, 0) is 0 Å². The summed E-state index contributed by atoms with van der Waals surface area (Å²) in [6.45, 7) is 5.05. The summed E-state index contributed by atoms with van der Waals surface area (Å²) in [5.74, 6) is 0. The van der Waals surface area contributed by atoms with Crippen molar-refractivity contribution < 1.29 is 24.5 Å². The zero-order valence-corrected chi connectivity index (χ0v) is 16.5. The molecule has 4 nitrogen and oxygen atoms in total. The van der Waals surface area contributed by atoms with Crippen LogP contribution in [0.4, 0.5) is 19.4 Å². The Morgan fingerprint density at radius 1 is 1.04 bits per heavy atom. The van der Waals surface area contributed by atoms with Crippen LogP contribution < -0.4 is 5.43 Å². The molecule has 0 aromatic heterocycles. The van der Waals surface area contributed by atoms with Gasteiger partial charge >= 0.3 is 10.2 Å². The fourth-order valence-corrected chi connectivity index (χ4v) is 4.34. The van der Waals surface area contributed by atoms with Gasteiger partial charge in [-0.25, -0.2) is 5.01 Å². The lowest BCUT2D eigenvalue weighted by Gasteiger charge is -2.48. The molecule has 0 spiro atoms. The lowest BCUT2D eigenvalue weighted by atomic mass is 9.97. The van der Waals surface area contributed by atoms with Crippen molar-refractivity contribution in [1.29, 1.82) is 0 Å². The molecule has 0 amide bonds. The Kier molecular flexibility index (Phi) is 5.91. The molecular weight excluding hydrogens is 389 g/mol. The van der Waals surface area contributed by atoms with Crippen LogP contribution >= 0.6 is 10.2 Å². The van der Waals surface area contributed by atoms with Gasteiger partial charge < -0.3 is 5.11 Å². The molecule has 0 radical (unpaired) electrons. The highest BCUT2D eigenvalue weighted by atomic mass is 32.5. The summed E-state index contributed by atoms with van der Waals surface area (Å²) >= 11 is 0. The summed E-state index contributed by atoms with van der Waals surface area (Å²) in [7, 11) is -7.85. The topological polar surface area (TPSA) is 38.7 Å². The zero-order valence-electron chi connectivity index (χ0n) is 15.7. The van der Waals surface area contributed by atoms with Crippen LogP contribution in [0.5, 0.6) is 0 Å². The third-order valence-corrected chi connectivity index (χ3v) is 6.42. The van der Waals surface area contributed by atoms with Gasteiger partial charge in [0.15, 0.2) is 0 Å². The van der Waals surface area contributed by atoms with Crippen LogP contribution in [0.25, 0.3) is 0 Å². The van der Waals surface area contributed by atoms with Crippen LogP contribution in [0.2, 0.25) is 0 Å². The van der Waals surface area contributed by atoms with E-state index in [0.29, 0.717) is 30.8 Å². The molecule has 1 aliphatic rings. The van der Waals surface area contributed by atoms with E-state index in [-0.39, 0.29) is 18.7 Å². The van der Waals surface area contributed by atoms with Crippen LogP contribution in [0.15, 0.2) is 29.2 Å². The van der Waals surface area contributed by atoms with Gasteiger partial charge in [-0.2, -0.15) is 0 Å². The molecule has 1 fully saturated rings. The number of halogens is 5. The van der Waals surface area contributed by atoms with E-state index in [1.165, 1.54) is 0 Å². The SMILES string of the molecule is CC[C@H]1CN(C(CO)c2ccc(S(F)(F)(F)(F)F)cc2)[C@H](CC)CN1NC. The minimum atomic E-state index is -9.69. The number of piperazine rings is 1. The highest BCUT2D eigenvalue weighted by Crippen LogP contribution is 3.02. The van der Waals surface area contributed by atoms with Gasteiger partial charge in [0.1, 0.15) is 4.90 Å². The molecule has 158 valence electrons. The predicted octanol–water partition coefficient (Wildman–Crippen LogP) is 4.69. The normalized spacial score (nSPS) is 26.4. The number of benzene rings is 1. The molecule has 2 rings (SSSR count). The van der Waals surface area contributed by atoms with Gasteiger partial charge in [0.25, 0.3) is 0 Å². The van der Waals surface area contributed by atoms with E-state index in [9.17, 15) is 24.5 Å². The van der Waals surface area contributed by atoms with Gasteiger partial charge in [0, 0.05) is 25.2 Å². The van der Waals surface area contributed by atoms with E-state index in [1.54, 1.807) is 0 Å². The molecule has 1 heterocycles. The molecule has 0 aliphatic carbocycles. The van der Waals surface area contributed by atoms with Crippen molar-refractivity contribution in [3.63, 3.8) is 0 Å². The molecule has 3 atom stereocenters. The van der Waals surface area contributed by atoms with E-state index in [4.69, 9.17) is 0 Å². The van der Waals surface area contributed by atoms with Gasteiger partial charge in [-0.3, -0.25) is 10.3 Å². The molecule has 0 saturated carbocycles. The van der Waals surface area contributed by atoms with Crippen molar-refractivity contribution in [2.75, 3.05) is 26.7 Å². The number of hydrogen-bond acceptors (Lipinski definition) is 4. The van der Waals surface area contributed by atoms with Crippen molar-refractivity contribution in [3.05, 3.63) is 29.8 Å². The van der Waals surface area contributed by atoms with Crippen molar-refractivity contribution in [2.24, 2.45) is 0 Å². The van der Waals surface area contributed by atoms with E-state index in [2.05, 4.69) is 15.3 Å². The van der Waals surface area contributed by atoms with Gasteiger partial charge in [-0.1, -0.05) is 45.4 Å². The van der Waals surface area contributed by atoms with Crippen LogP contribution in [-0.4, -0.2) is 53.8 Å². The number of hydrazine groups is 1. The third kappa shape index (κ3) is 5.11. The Morgan fingerprint density at radius 3 is 2.00 bits per heavy atom. The highest BCUT2D eigenvalue weighted by molar-refractivity contribution is 8.45. The zero-order chi connectivity index (χ0) is 20.5. The van der Waals surface area contributed by atoms with Crippen molar-refractivity contribution in [1.82, 2.24) is 15.3 Å². The average Bonchev–Trinajstić information content (AvgIpc) is 2.60. The van der Waals surface area contributed by atoms with E-state index < -0.39 is 21.2 Å². The maximum absolute atomic E-state index is 12.9.